The average Bonchev–Trinajstić information content (AvgIpc) is 2.15. The van der Waals surface area contributed by atoms with Crippen molar-refractivity contribution in [2.45, 2.75) is 13.3 Å². The Morgan fingerprint density at radius 3 is 2.56 bits per heavy atom. The fourth-order valence-corrected chi connectivity index (χ4v) is 1.42. The number of hydrogen-bond acceptors (Lipinski definition) is 2. The molecule has 0 bridgehead atoms. The van der Waals surface area contributed by atoms with Crippen molar-refractivity contribution in [1.82, 2.24) is 0 Å². The lowest BCUT2D eigenvalue weighted by Gasteiger charge is -2.05. The number of carboxylic acid groups (broad SMARTS) is 1. The van der Waals surface area contributed by atoms with Crippen LogP contribution >= 0.6 is 11.6 Å². The van der Waals surface area contributed by atoms with Gasteiger partial charge in [-0.1, -0.05) is 18.5 Å². The van der Waals surface area contributed by atoms with Gasteiger partial charge in [0.1, 0.15) is 5.82 Å². The summed E-state index contributed by atoms with van der Waals surface area (Å²) in [4.78, 5) is 22.1. The van der Waals surface area contributed by atoms with Crippen molar-refractivity contribution in [1.29, 1.82) is 0 Å². The number of carbonyl (C=O) groups is 2. The number of carboxylic acids is 1. The van der Waals surface area contributed by atoms with Crippen molar-refractivity contribution in [2.75, 3.05) is 0 Å². The molecule has 0 saturated carbocycles. The fourth-order valence-electron chi connectivity index (χ4n) is 1.20. The highest BCUT2D eigenvalue weighted by molar-refractivity contribution is 6.31. The fraction of sp³-hybridized carbons (Fsp3) is 0.273. The number of Topliss-reactive ketones (excluding diaryl/α,β-unsaturated/α-hetero) is 1. The lowest BCUT2D eigenvalue weighted by atomic mass is 10.00. The number of carbonyl (C=O) groups excluding carboxylic acids is 1. The van der Waals surface area contributed by atoms with E-state index in [1.54, 1.807) is 0 Å². The van der Waals surface area contributed by atoms with Crippen LogP contribution in [-0.4, -0.2) is 16.9 Å². The Bertz CT molecular complexity index is 411. The normalized spacial score (nSPS) is 12.2. The van der Waals surface area contributed by atoms with Crippen molar-refractivity contribution < 1.29 is 19.1 Å². The van der Waals surface area contributed by atoms with Crippen LogP contribution in [0.15, 0.2) is 18.2 Å². The van der Waals surface area contributed by atoms with Crippen molar-refractivity contribution in [2.24, 2.45) is 5.92 Å². The number of hydrogen-bond donors (Lipinski definition) is 1. The van der Waals surface area contributed by atoms with Gasteiger partial charge in [0.25, 0.3) is 0 Å². The van der Waals surface area contributed by atoms with Crippen molar-refractivity contribution >= 4 is 23.4 Å². The third-order valence-electron chi connectivity index (χ3n) is 2.10. The molecule has 1 atom stereocenters. The maximum absolute atomic E-state index is 12.9. The van der Waals surface area contributed by atoms with Crippen molar-refractivity contribution in [3.05, 3.63) is 34.6 Å². The van der Waals surface area contributed by atoms with Gasteiger partial charge in [-0.15, -0.1) is 0 Å². The van der Waals surface area contributed by atoms with Crippen LogP contribution in [0, 0.1) is 11.7 Å². The Morgan fingerprint density at radius 2 is 2.06 bits per heavy atom. The van der Waals surface area contributed by atoms with E-state index in [4.69, 9.17) is 16.7 Å². The summed E-state index contributed by atoms with van der Waals surface area (Å²) in [7, 11) is 0. The number of benzene rings is 1. The highest BCUT2D eigenvalue weighted by Gasteiger charge is 2.17. The maximum Gasteiger partial charge on any atom is 0.306 e. The van der Waals surface area contributed by atoms with Crippen LogP contribution in [0.1, 0.15) is 23.7 Å². The van der Waals surface area contributed by atoms with E-state index >= 15 is 0 Å². The van der Waals surface area contributed by atoms with Gasteiger partial charge in [-0.3, -0.25) is 9.59 Å². The molecule has 86 valence electrons. The Balaban J connectivity index is 2.84. The van der Waals surface area contributed by atoms with E-state index in [0.29, 0.717) is 0 Å². The molecule has 0 amide bonds. The largest absolute Gasteiger partial charge is 0.481 e. The molecule has 0 saturated heterocycles. The molecule has 16 heavy (non-hydrogen) atoms. The predicted molar refractivity (Wildman–Crippen MR) is 57.2 cm³/mol. The van der Waals surface area contributed by atoms with Crippen molar-refractivity contribution in [3.8, 4) is 0 Å². The molecule has 1 rings (SSSR count). The van der Waals surface area contributed by atoms with E-state index in [1.165, 1.54) is 13.0 Å². The number of aliphatic carboxylic acids is 1. The summed E-state index contributed by atoms with van der Waals surface area (Å²) in [6.45, 7) is 1.42. The third kappa shape index (κ3) is 3.31. The summed E-state index contributed by atoms with van der Waals surface area (Å²) in [6.07, 6.45) is -0.172. The smallest absolute Gasteiger partial charge is 0.306 e. The monoisotopic (exact) mass is 244 g/mol. The Hall–Kier alpha value is -1.42. The van der Waals surface area contributed by atoms with Gasteiger partial charge in [0.15, 0.2) is 5.78 Å². The second kappa shape index (κ2) is 5.07. The van der Waals surface area contributed by atoms with Crippen LogP contribution in [0.3, 0.4) is 0 Å². The number of rotatable bonds is 4. The van der Waals surface area contributed by atoms with Gasteiger partial charge in [0.05, 0.1) is 5.92 Å². The lowest BCUT2D eigenvalue weighted by molar-refractivity contribution is -0.141. The molecule has 0 aromatic heterocycles. The second-order valence-corrected chi connectivity index (χ2v) is 3.96. The van der Waals surface area contributed by atoms with Gasteiger partial charge >= 0.3 is 5.97 Å². The van der Waals surface area contributed by atoms with Gasteiger partial charge in [0, 0.05) is 17.0 Å². The van der Waals surface area contributed by atoms with E-state index in [2.05, 4.69) is 0 Å². The molecule has 0 aliphatic rings. The Labute approximate surface area is 96.8 Å². The molecule has 3 nitrogen and oxygen atoms in total. The summed E-state index contributed by atoms with van der Waals surface area (Å²) < 4.78 is 12.9. The molecular formula is C11H10ClFO3. The molecule has 1 N–H and O–H groups in total. The maximum atomic E-state index is 12.9. The standard InChI is InChI=1S/C11H10ClFO3/c1-6(11(15)16)2-10(14)7-3-8(12)5-9(13)4-7/h3-6H,2H2,1H3,(H,15,16). The van der Waals surface area contributed by atoms with Gasteiger partial charge in [-0.2, -0.15) is 0 Å². The van der Waals surface area contributed by atoms with E-state index < -0.39 is 23.5 Å². The third-order valence-corrected chi connectivity index (χ3v) is 2.32. The average molecular weight is 245 g/mol. The molecule has 1 aromatic carbocycles. The summed E-state index contributed by atoms with van der Waals surface area (Å²) in [5.41, 5.74) is 0.0955. The first kappa shape index (κ1) is 12.6. The quantitative estimate of drug-likeness (QED) is 0.829. The molecule has 0 heterocycles. The molecule has 0 fully saturated rings. The second-order valence-electron chi connectivity index (χ2n) is 3.52. The molecule has 1 aromatic rings. The molecule has 0 radical (unpaired) electrons. The van der Waals surface area contributed by atoms with Gasteiger partial charge in [-0.05, 0) is 18.2 Å². The first-order valence-electron chi connectivity index (χ1n) is 4.62. The molecule has 0 spiro atoms. The summed E-state index contributed by atoms with van der Waals surface area (Å²) >= 11 is 5.58. The van der Waals surface area contributed by atoms with Gasteiger partial charge in [-0.25, -0.2) is 4.39 Å². The SMILES string of the molecule is CC(CC(=O)c1cc(F)cc(Cl)c1)C(=O)O. The van der Waals surface area contributed by atoms with Crippen LogP contribution in [-0.2, 0) is 4.79 Å². The lowest BCUT2D eigenvalue weighted by Crippen LogP contribution is -2.14. The van der Waals surface area contributed by atoms with E-state index in [1.807, 2.05) is 0 Å². The van der Waals surface area contributed by atoms with E-state index in [9.17, 15) is 14.0 Å². The Morgan fingerprint density at radius 1 is 1.44 bits per heavy atom. The summed E-state index contributed by atoms with van der Waals surface area (Å²) in [5, 5.41) is 8.75. The number of halogens is 2. The molecule has 5 heteroatoms. The molecule has 1 unspecified atom stereocenters. The van der Waals surface area contributed by atoms with E-state index in [0.717, 1.165) is 12.1 Å². The van der Waals surface area contributed by atoms with Crippen LogP contribution in [0.25, 0.3) is 0 Å². The van der Waals surface area contributed by atoms with Gasteiger partial charge < -0.3 is 5.11 Å². The molecule has 0 aliphatic carbocycles. The zero-order valence-corrected chi connectivity index (χ0v) is 9.29. The highest BCUT2D eigenvalue weighted by atomic mass is 35.5. The number of ketones is 1. The summed E-state index contributed by atoms with van der Waals surface area (Å²) in [6, 6.07) is 3.45. The van der Waals surface area contributed by atoms with Crippen LogP contribution in [0.4, 0.5) is 4.39 Å². The minimum atomic E-state index is -1.06. The Kier molecular flexibility index (Phi) is 4.01. The topological polar surface area (TPSA) is 54.4 Å². The molecule has 0 aliphatic heterocycles. The first-order chi connectivity index (χ1) is 7.40. The molecular weight excluding hydrogens is 235 g/mol. The van der Waals surface area contributed by atoms with Crippen LogP contribution < -0.4 is 0 Å². The van der Waals surface area contributed by atoms with Gasteiger partial charge in [0.2, 0.25) is 0 Å². The summed E-state index contributed by atoms with van der Waals surface area (Å²) in [5.74, 6) is -2.90. The minimum absolute atomic E-state index is 0.0955. The highest BCUT2D eigenvalue weighted by Crippen LogP contribution is 2.17. The zero-order chi connectivity index (χ0) is 12.3. The van der Waals surface area contributed by atoms with Crippen LogP contribution in [0.2, 0.25) is 5.02 Å². The predicted octanol–water partition coefficient (Wildman–Crippen LogP) is 2.77. The first-order valence-corrected chi connectivity index (χ1v) is 5.00. The minimum Gasteiger partial charge on any atom is -0.481 e. The van der Waals surface area contributed by atoms with Crippen molar-refractivity contribution in [3.63, 3.8) is 0 Å². The zero-order valence-electron chi connectivity index (χ0n) is 8.54. The van der Waals surface area contributed by atoms with E-state index in [-0.39, 0.29) is 17.0 Å². The van der Waals surface area contributed by atoms with Crippen LogP contribution in [0.5, 0.6) is 0 Å².